The Kier molecular flexibility index (Phi) is 2.47. The second-order valence-electron chi connectivity index (χ2n) is 3.57. The fraction of sp³-hybridized carbons (Fsp3) is 0.250. The SMILES string of the molecule is NS(=O)(=O)c1cccc(C2(C(F)(F)F)NN2)c1. The molecule has 17 heavy (non-hydrogen) atoms. The first-order valence-corrected chi connectivity index (χ1v) is 5.96. The van der Waals surface area contributed by atoms with Crippen molar-refractivity contribution in [2.75, 3.05) is 0 Å². The Bertz CT molecular complexity index is 551. The summed E-state index contributed by atoms with van der Waals surface area (Å²) >= 11 is 0. The minimum Gasteiger partial charge on any atom is -0.225 e. The highest BCUT2D eigenvalue weighted by Gasteiger charge is 2.65. The molecule has 0 spiro atoms. The summed E-state index contributed by atoms with van der Waals surface area (Å²) in [5.74, 6) is 0. The van der Waals surface area contributed by atoms with Crippen LogP contribution in [0.5, 0.6) is 0 Å². The molecule has 0 atom stereocenters. The van der Waals surface area contributed by atoms with E-state index in [2.05, 4.69) is 0 Å². The van der Waals surface area contributed by atoms with Gasteiger partial charge in [-0.05, 0) is 17.7 Å². The average Bonchev–Trinajstić information content (AvgIpc) is 2.96. The number of hydrazine groups is 1. The van der Waals surface area contributed by atoms with Crippen molar-refractivity contribution in [3.05, 3.63) is 29.8 Å². The lowest BCUT2D eigenvalue weighted by Gasteiger charge is -2.16. The second kappa shape index (κ2) is 3.42. The van der Waals surface area contributed by atoms with Crippen molar-refractivity contribution in [3.8, 4) is 0 Å². The number of benzene rings is 1. The maximum Gasteiger partial charge on any atom is 0.426 e. The van der Waals surface area contributed by atoms with Gasteiger partial charge in [0.05, 0.1) is 4.90 Å². The fourth-order valence-electron chi connectivity index (χ4n) is 1.42. The third-order valence-corrected chi connectivity index (χ3v) is 3.31. The Labute approximate surface area is 94.8 Å². The summed E-state index contributed by atoms with van der Waals surface area (Å²) in [4.78, 5) is -0.367. The Hall–Kier alpha value is -1.16. The van der Waals surface area contributed by atoms with Gasteiger partial charge >= 0.3 is 6.18 Å². The molecule has 5 nitrogen and oxygen atoms in total. The van der Waals surface area contributed by atoms with Gasteiger partial charge in [-0.15, -0.1) is 0 Å². The van der Waals surface area contributed by atoms with E-state index in [1.165, 1.54) is 6.07 Å². The van der Waals surface area contributed by atoms with Crippen molar-refractivity contribution in [2.45, 2.75) is 16.7 Å². The first-order valence-electron chi connectivity index (χ1n) is 4.41. The minimum absolute atomic E-state index is 0.253. The molecular formula is C8H8F3N3O2S. The first-order chi connectivity index (χ1) is 7.67. The molecule has 4 N–H and O–H groups in total. The topological polar surface area (TPSA) is 104 Å². The van der Waals surface area contributed by atoms with Crippen LogP contribution in [-0.4, -0.2) is 14.6 Å². The van der Waals surface area contributed by atoms with Crippen LogP contribution >= 0.6 is 0 Å². The van der Waals surface area contributed by atoms with Crippen molar-refractivity contribution in [1.82, 2.24) is 10.9 Å². The quantitative estimate of drug-likeness (QED) is 0.664. The third kappa shape index (κ3) is 2.02. The number of nitrogens with two attached hydrogens (primary N) is 1. The van der Waals surface area contributed by atoms with Crippen LogP contribution in [-0.2, 0) is 15.7 Å². The number of hydrogen-bond acceptors (Lipinski definition) is 4. The van der Waals surface area contributed by atoms with Gasteiger partial charge in [-0.2, -0.15) is 13.2 Å². The summed E-state index contributed by atoms with van der Waals surface area (Å²) in [7, 11) is -4.03. The average molecular weight is 267 g/mol. The van der Waals surface area contributed by atoms with Crippen LogP contribution in [0.2, 0.25) is 0 Å². The predicted molar refractivity (Wildman–Crippen MR) is 51.8 cm³/mol. The van der Waals surface area contributed by atoms with Crippen LogP contribution in [0.4, 0.5) is 13.2 Å². The molecule has 0 aromatic heterocycles. The van der Waals surface area contributed by atoms with Crippen LogP contribution < -0.4 is 16.0 Å². The van der Waals surface area contributed by atoms with Crippen molar-refractivity contribution < 1.29 is 21.6 Å². The molecule has 0 unspecified atom stereocenters. The number of primary sulfonamides is 1. The Morgan fingerprint density at radius 3 is 2.24 bits per heavy atom. The molecule has 1 aliphatic heterocycles. The summed E-state index contributed by atoms with van der Waals surface area (Å²) in [6, 6.07) is 4.38. The monoisotopic (exact) mass is 267 g/mol. The highest BCUT2D eigenvalue weighted by atomic mass is 32.2. The molecule has 1 aliphatic rings. The van der Waals surface area contributed by atoms with E-state index in [-0.39, 0.29) is 10.5 Å². The summed E-state index contributed by atoms with van der Waals surface area (Å²) in [5.41, 5.74) is 1.31. The number of nitrogens with one attached hydrogen (secondary N) is 2. The van der Waals surface area contributed by atoms with E-state index < -0.39 is 21.9 Å². The predicted octanol–water partition coefficient (Wildman–Crippen LogP) is 0.157. The molecule has 0 radical (unpaired) electrons. The zero-order valence-corrected chi connectivity index (χ0v) is 9.06. The summed E-state index contributed by atoms with van der Waals surface area (Å²) in [6.07, 6.45) is -4.58. The zero-order valence-electron chi connectivity index (χ0n) is 8.25. The van der Waals surface area contributed by atoms with Gasteiger partial charge in [0.1, 0.15) is 0 Å². The van der Waals surface area contributed by atoms with E-state index in [4.69, 9.17) is 5.14 Å². The number of halogens is 3. The van der Waals surface area contributed by atoms with Crippen molar-refractivity contribution in [1.29, 1.82) is 0 Å². The van der Waals surface area contributed by atoms with Gasteiger partial charge in [-0.25, -0.2) is 24.4 Å². The molecule has 1 aromatic carbocycles. The smallest absolute Gasteiger partial charge is 0.225 e. The van der Waals surface area contributed by atoms with E-state index in [1.807, 2.05) is 10.9 Å². The molecular weight excluding hydrogens is 259 g/mol. The minimum atomic E-state index is -4.58. The van der Waals surface area contributed by atoms with Crippen molar-refractivity contribution in [3.63, 3.8) is 0 Å². The Balaban J connectivity index is 2.49. The molecule has 1 aromatic rings. The van der Waals surface area contributed by atoms with Gasteiger partial charge in [0, 0.05) is 0 Å². The Morgan fingerprint density at radius 1 is 1.24 bits per heavy atom. The zero-order chi connectivity index (χ0) is 12.9. The summed E-state index contributed by atoms with van der Waals surface area (Å²) < 4.78 is 60.2. The molecule has 1 saturated heterocycles. The van der Waals surface area contributed by atoms with Gasteiger partial charge in [0.25, 0.3) is 0 Å². The molecule has 9 heteroatoms. The van der Waals surface area contributed by atoms with Crippen LogP contribution in [0.25, 0.3) is 0 Å². The van der Waals surface area contributed by atoms with Crippen LogP contribution in [0, 0.1) is 0 Å². The molecule has 0 amide bonds. The first kappa shape index (κ1) is 12.3. The van der Waals surface area contributed by atoms with Crippen LogP contribution in [0.15, 0.2) is 29.2 Å². The van der Waals surface area contributed by atoms with Crippen LogP contribution in [0.1, 0.15) is 5.56 Å². The standard InChI is InChI=1S/C8H8F3N3O2S/c9-8(10,11)7(13-14-7)5-2-1-3-6(4-5)17(12,15)16/h1-4,13-14H,(H2,12,15,16). The molecule has 0 aliphatic carbocycles. The van der Waals surface area contributed by atoms with E-state index in [0.717, 1.165) is 18.2 Å². The lowest BCUT2D eigenvalue weighted by molar-refractivity contribution is -0.165. The maximum absolute atomic E-state index is 12.7. The second-order valence-corrected chi connectivity index (χ2v) is 5.13. The lowest BCUT2D eigenvalue weighted by Crippen LogP contribution is -2.35. The molecule has 2 rings (SSSR count). The highest BCUT2D eigenvalue weighted by Crippen LogP contribution is 2.42. The largest absolute Gasteiger partial charge is 0.426 e. The van der Waals surface area contributed by atoms with Crippen molar-refractivity contribution >= 4 is 10.0 Å². The number of rotatable bonds is 2. The molecule has 1 fully saturated rings. The molecule has 0 bridgehead atoms. The Morgan fingerprint density at radius 2 is 1.82 bits per heavy atom. The molecule has 0 saturated carbocycles. The number of alkyl halides is 3. The fourth-order valence-corrected chi connectivity index (χ4v) is 1.98. The highest BCUT2D eigenvalue weighted by molar-refractivity contribution is 7.89. The lowest BCUT2D eigenvalue weighted by atomic mass is 10.0. The number of sulfonamides is 1. The van der Waals surface area contributed by atoms with Gasteiger partial charge in [0.15, 0.2) is 0 Å². The van der Waals surface area contributed by atoms with Gasteiger partial charge in [-0.3, -0.25) is 0 Å². The van der Waals surface area contributed by atoms with E-state index in [0.29, 0.717) is 0 Å². The third-order valence-electron chi connectivity index (χ3n) is 2.40. The van der Waals surface area contributed by atoms with Gasteiger partial charge in [-0.1, -0.05) is 12.1 Å². The molecule has 1 heterocycles. The van der Waals surface area contributed by atoms with E-state index in [1.54, 1.807) is 0 Å². The van der Waals surface area contributed by atoms with Gasteiger partial charge in [0.2, 0.25) is 15.7 Å². The number of hydrogen-bond donors (Lipinski definition) is 3. The molecule has 94 valence electrons. The summed E-state index contributed by atoms with van der Waals surface area (Å²) in [5, 5.41) is 4.85. The van der Waals surface area contributed by atoms with Crippen LogP contribution in [0.3, 0.4) is 0 Å². The van der Waals surface area contributed by atoms with Gasteiger partial charge < -0.3 is 0 Å². The van der Waals surface area contributed by atoms with E-state index in [9.17, 15) is 21.6 Å². The summed E-state index contributed by atoms with van der Waals surface area (Å²) in [6.45, 7) is 0. The van der Waals surface area contributed by atoms with E-state index >= 15 is 0 Å². The maximum atomic E-state index is 12.7. The van der Waals surface area contributed by atoms with Crippen molar-refractivity contribution in [2.24, 2.45) is 5.14 Å². The normalized spacial score (nSPS) is 19.1.